The molecule has 2 radical (unpaired) electrons. The molecule has 3 rings (SSSR count). The number of aliphatic hydroxyl groups excluding tert-OH is 3. The first kappa shape index (κ1) is 25.7. The van der Waals surface area contributed by atoms with Gasteiger partial charge in [-0.25, -0.2) is 15.0 Å². The van der Waals surface area contributed by atoms with Gasteiger partial charge in [0.1, 0.15) is 30.2 Å². The third kappa shape index (κ3) is 6.07. The Kier molecular flexibility index (Phi) is 10.4. The summed E-state index contributed by atoms with van der Waals surface area (Å²) in [5.74, 6) is 1.40. The second-order valence-corrected chi connectivity index (χ2v) is 8.11. The van der Waals surface area contributed by atoms with Crippen molar-refractivity contribution in [3.05, 3.63) is 12.7 Å². The van der Waals surface area contributed by atoms with Crippen LogP contribution in [0.15, 0.2) is 12.7 Å². The zero-order valence-corrected chi connectivity index (χ0v) is 19.0. The van der Waals surface area contributed by atoms with E-state index < -0.39 is 43.2 Å². The molecule has 0 aliphatic carbocycles. The van der Waals surface area contributed by atoms with Gasteiger partial charge in [-0.05, 0) is 0 Å². The summed E-state index contributed by atoms with van der Waals surface area (Å²) in [6.07, 6.45) is -0.806. The number of hydrogen-bond donors (Lipinski definition) is 6. The number of carbonyl (C=O) groups is 1. The van der Waals surface area contributed by atoms with Gasteiger partial charge in [-0.15, -0.1) is 0 Å². The Balaban J connectivity index is 0.000000362. The number of aromatic nitrogens is 4. The van der Waals surface area contributed by atoms with E-state index in [-0.39, 0.29) is 22.9 Å². The summed E-state index contributed by atoms with van der Waals surface area (Å²) in [7, 11) is 0. The molecule has 0 amide bonds. The Morgan fingerprint density at radius 3 is 2.59 bits per heavy atom. The van der Waals surface area contributed by atoms with E-state index in [0.29, 0.717) is 32.5 Å². The molecule has 0 unspecified atom stereocenters. The summed E-state index contributed by atoms with van der Waals surface area (Å²) in [5.41, 5.74) is 11.7. The van der Waals surface area contributed by atoms with E-state index in [4.69, 9.17) is 26.4 Å². The minimum absolute atomic E-state index is 0. The largest absolute Gasteiger partial charge is 0.394 e. The molecule has 0 spiro atoms. The van der Waals surface area contributed by atoms with Gasteiger partial charge in [0.15, 0.2) is 17.7 Å². The van der Waals surface area contributed by atoms with Crippen LogP contribution in [0, 0.1) is 0 Å². The second-order valence-electron chi connectivity index (χ2n) is 6.04. The van der Waals surface area contributed by atoms with Gasteiger partial charge in [0, 0.05) is 17.1 Å². The molecule has 2 aromatic heterocycles. The van der Waals surface area contributed by atoms with Gasteiger partial charge in [0.2, 0.25) is 0 Å². The zero-order chi connectivity index (χ0) is 20.8. The van der Waals surface area contributed by atoms with Crippen LogP contribution in [-0.2, 0) is 9.53 Å². The van der Waals surface area contributed by atoms with Crippen molar-refractivity contribution in [3.8, 4) is 0 Å². The Hall–Kier alpha value is -1.34. The molecule has 2 aromatic rings. The molecular weight excluding hydrogens is 518 g/mol. The predicted molar refractivity (Wildman–Crippen MR) is 105 cm³/mol. The van der Waals surface area contributed by atoms with E-state index in [2.05, 4.69) is 20.8 Å². The smallest absolute Gasteiger partial charge is 0.167 e. The first-order chi connectivity index (χ1) is 13.3. The number of aliphatic hydroxyl groups is 3. The monoisotopic (exact) mass is 544 g/mol. The number of anilines is 1. The number of hydrogen-bond acceptors (Lipinski definition) is 10. The maximum Gasteiger partial charge on any atom is 0.167 e. The fourth-order valence-electron chi connectivity index (χ4n) is 2.53. The number of carboxylic acids is 1. The quantitative estimate of drug-likeness (QED) is 0.212. The van der Waals surface area contributed by atoms with E-state index in [1.54, 1.807) is 0 Å². The van der Waals surface area contributed by atoms with Crippen LogP contribution in [0.5, 0.6) is 0 Å². The molecule has 0 saturated carbocycles. The Morgan fingerprint density at radius 1 is 1.34 bits per heavy atom. The summed E-state index contributed by atoms with van der Waals surface area (Å²) >= 11 is 0.549. The average molecular weight is 542 g/mol. The summed E-state index contributed by atoms with van der Waals surface area (Å²) in [5, 5.41) is 38.0. The molecule has 0 aromatic carbocycles. The maximum atomic E-state index is 10.1. The van der Waals surface area contributed by atoms with Crippen molar-refractivity contribution in [1.82, 2.24) is 19.5 Å². The summed E-state index contributed by atoms with van der Waals surface area (Å²) < 4.78 is 6.85. The van der Waals surface area contributed by atoms with Crippen molar-refractivity contribution < 1.29 is 30.0 Å². The molecule has 162 valence electrons. The number of nitrogens with zero attached hydrogens (tertiary/aromatic N) is 4. The van der Waals surface area contributed by atoms with Crippen LogP contribution < -0.4 is 11.5 Å². The summed E-state index contributed by atoms with van der Waals surface area (Å²) in [6.45, 7) is -0.390. The molecule has 1 fully saturated rings. The molecule has 29 heavy (non-hydrogen) atoms. The second kappa shape index (κ2) is 11.7. The van der Waals surface area contributed by atoms with E-state index >= 15 is 0 Å². The molecule has 8 N–H and O–H groups in total. The summed E-state index contributed by atoms with van der Waals surface area (Å²) in [4.78, 5) is 22.0. The van der Waals surface area contributed by atoms with Crippen molar-refractivity contribution in [2.45, 2.75) is 48.1 Å². The maximum absolute atomic E-state index is 10.1. The third-order valence-corrected chi connectivity index (χ3v) is 5.48. The number of aliphatic carboxylic acids is 1. The Morgan fingerprint density at radius 2 is 2.03 bits per heavy atom. The summed E-state index contributed by atoms with van der Waals surface area (Å²) in [6, 6.07) is -0.646. The van der Waals surface area contributed by atoms with Crippen LogP contribution in [0.25, 0.3) is 11.2 Å². The molecule has 12 nitrogen and oxygen atoms in total. The topological polar surface area (TPSA) is 203 Å². The van der Waals surface area contributed by atoms with Crippen LogP contribution >= 0.6 is 0 Å². The number of nitrogen functional groups attached to an aromatic ring is 1. The molecular formula is C15H24N6O6Se2. The molecule has 1 aliphatic heterocycles. The van der Waals surface area contributed by atoms with Gasteiger partial charge in [0.25, 0.3) is 0 Å². The molecule has 0 bridgehead atoms. The number of ether oxygens (including phenoxy) is 1. The minimum Gasteiger partial charge on any atom is -0.394 e. The number of carboxylic acid groups (broad SMARTS) is 1. The van der Waals surface area contributed by atoms with Crippen LogP contribution in [0.3, 0.4) is 0 Å². The molecule has 3 heterocycles. The Bertz CT molecular complexity index is 796. The van der Waals surface area contributed by atoms with E-state index in [1.165, 1.54) is 17.2 Å². The fourth-order valence-corrected chi connectivity index (χ4v) is 3.56. The number of imidazole rings is 1. The van der Waals surface area contributed by atoms with E-state index in [9.17, 15) is 15.0 Å². The van der Waals surface area contributed by atoms with Gasteiger partial charge < -0.3 is 25.8 Å². The zero-order valence-electron chi connectivity index (χ0n) is 15.5. The van der Waals surface area contributed by atoms with Crippen LogP contribution in [0.1, 0.15) is 12.6 Å². The first-order valence-corrected chi connectivity index (χ1v) is 11.3. The van der Waals surface area contributed by atoms with Gasteiger partial charge in [-0.2, -0.15) is 0 Å². The van der Waals surface area contributed by atoms with Crippen molar-refractivity contribution in [1.29, 1.82) is 0 Å². The van der Waals surface area contributed by atoms with Crippen molar-refractivity contribution in [2.24, 2.45) is 5.73 Å². The number of nitrogens with two attached hydrogens (primary N) is 2. The standard InChI is InChI=1S/C10H13N5O4.C5H11NO2Se.Se/c11-8-5-9(13-2-12-8)15(3-14-5)10-7(18)6(17)4(1-16)19-10;1-9-3-2-4(6)5(7)8;/h2-4,6-7,10,16-18H,1H2,(H2,11,12,13);4H,2-3,6H2,1H3,(H,7,8);/t4-,6-,7-,10-;4-;/m10./s1. The van der Waals surface area contributed by atoms with Gasteiger partial charge >= 0.3 is 60.2 Å². The minimum atomic E-state index is -1.19. The molecule has 5 atom stereocenters. The first-order valence-electron chi connectivity index (χ1n) is 8.34. The molecule has 1 aliphatic rings. The predicted octanol–water partition coefficient (Wildman–Crippen LogP) is -2.40. The normalized spacial score (nSPS) is 24.4. The van der Waals surface area contributed by atoms with Crippen molar-refractivity contribution in [3.63, 3.8) is 0 Å². The SMILES string of the molecule is C[Se]CC[C@H](N)C(=O)O.Nc1ncnc2c1ncn2[C@@H]1O[C@H](CO)[C@@H](O)[C@H]1O.[Se]. The van der Waals surface area contributed by atoms with Gasteiger partial charge in [0.05, 0.1) is 12.9 Å². The van der Waals surface area contributed by atoms with Crippen LogP contribution in [-0.4, -0.2) is 109 Å². The Labute approximate surface area is 183 Å². The van der Waals surface area contributed by atoms with Crippen molar-refractivity contribution in [2.75, 3.05) is 12.3 Å². The fraction of sp³-hybridized carbons (Fsp3) is 0.600. The third-order valence-electron chi connectivity index (χ3n) is 4.13. The average Bonchev–Trinajstić information content (AvgIpc) is 3.23. The van der Waals surface area contributed by atoms with Crippen molar-refractivity contribution >= 4 is 55.0 Å². The van der Waals surface area contributed by atoms with Crippen LogP contribution in [0.2, 0.25) is 11.1 Å². The van der Waals surface area contributed by atoms with Gasteiger partial charge in [-0.1, -0.05) is 0 Å². The van der Waals surface area contributed by atoms with E-state index in [1.807, 2.05) is 0 Å². The molecule has 14 heteroatoms. The number of fused-ring (bicyclic) bond motifs is 1. The van der Waals surface area contributed by atoms with E-state index in [0.717, 1.165) is 5.32 Å². The molecule has 1 saturated heterocycles. The van der Waals surface area contributed by atoms with Crippen LogP contribution in [0.4, 0.5) is 5.82 Å². The number of rotatable bonds is 6. The van der Waals surface area contributed by atoms with Gasteiger partial charge in [-0.3, -0.25) is 4.57 Å².